The second-order valence-corrected chi connectivity index (χ2v) is 4.38. The molecule has 0 aromatic heterocycles. The van der Waals surface area contributed by atoms with Crippen LogP contribution in [0.4, 0.5) is 0 Å². The monoisotopic (exact) mass is 250 g/mol. The lowest BCUT2D eigenvalue weighted by Crippen LogP contribution is -2.29. The molecule has 1 aromatic carbocycles. The zero-order valence-electron chi connectivity index (χ0n) is 11.4. The van der Waals surface area contributed by atoms with Crippen molar-refractivity contribution in [1.82, 2.24) is 5.32 Å². The van der Waals surface area contributed by atoms with Crippen LogP contribution in [0.15, 0.2) is 12.1 Å². The predicted octanol–water partition coefficient (Wildman–Crippen LogP) is 1.32. The van der Waals surface area contributed by atoms with E-state index in [1.807, 2.05) is 26.0 Å². The van der Waals surface area contributed by atoms with E-state index in [0.717, 1.165) is 12.2 Å². The zero-order valence-corrected chi connectivity index (χ0v) is 11.4. The van der Waals surface area contributed by atoms with Gasteiger partial charge in [-0.15, -0.1) is 0 Å². The van der Waals surface area contributed by atoms with Gasteiger partial charge in [0.05, 0.1) is 7.11 Å². The van der Waals surface area contributed by atoms with Gasteiger partial charge in [-0.2, -0.15) is 0 Å². The maximum Gasteiger partial charge on any atom is 0.220 e. The van der Waals surface area contributed by atoms with Crippen LogP contribution >= 0.6 is 0 Å². The third-order valence-electron chi connectivity index (χ3n) is 2.97. The summed E-state index contributed by atoms with van der Waals surface area (Å²) in [6.07, 6.45) is 1.24. The molecule has 0 bridgehead atoms. The smallest absolute Gasteiger partial charge is 0.220 e. The highest BCUT2D eigenvalue weighted by Crippen LogP contribution is 2.22. The highest BCUT2D eigenvalue weighted by molar-refractivity contribution is 5.76. The molecule has 100 valence electrons. The largest absolute Gasteiger partial charge is 0.497 e. The fraction of sp³-hybridized carbons (Fsp3) is 0.500. The molecular formula is C14H22N2O2. The number of benzene rings is 1. The lowest BCUT2D eigenvalue weighted by atomic mass is 9.98. The van der Waals surface area contributed by atoms with Crippen LogP contribution in [0.2, 0.25) is 0 Å². The van der Waals surface area contributed by atoms with Crippen molar-refractivity contribution in [1.29, 1.82) is 0 Å². The molecule has 0 atom stereocenters. The third kappa shape index (κ3) is 4.04. The fourth-order valence-corrected chi connectivity index (χ4v) is 2.00. The van der Waals surface area contributed by atoms with E-state index in [0.29, 0.717) is 19.5 Å². The second kappa shape index (κ2) is 7.01. The van der Waals surface area contributed by atoms with Crippen molar-refractivity contribution >= 4 is 5.91 Å². The van der Waals surface area contributed by atoms with Crippen LogP contribution in [-0.2, 0) is 11.2 Å². The minimum absolute atomic E-state index is 0.0510. The second-order valence-electron chi connectivity index (χ2n) is 4.38. The predicted molar refractivity (Wildman–Crippen MR) is 72.9 cm³/mol. The van der Waals surface area contributed by atoms with Gasteiger partial charge in [-0.3, -0.25) is 4.79 Å². The molecule has 1 amide bonds. The molecule has 0 aliphatic heterocycles. The van der Waals surface area contributed by atoms with Crippen LogP contribution < -0.4 is 15.8 Å². The van der Waals surface area contributed by atoms with Crippen molar-refractivity contribution in [2.24, 2.45) is 5.73 Å². The Labute approximate surface area is 109 Å². The average molecular weight is 250 g/mol. The number of methoxy groups -OCH3 is 1. The molecule has 3 N–H and O–H groups in total. The number of nitrogens with one attached hydrogen (secondary N) is 1. The highest BCUT2D eigenvalue weighted by atomic mass is 16.5. The van der Waals surface area contributed by atoms with Crippen LogP contribution in [0.3, 0.4) is 0 Å². The molecule has 1 aromatic rings. The first-order valence-corrected chi connectivity index (χ1v) is 6.19. The summed E-state index contributed by atoms with van der Waals surface area (Å²) in [6.45, 7) is 5.11. The van der Waals surface area contributed by atoms with E-state index >= 15 is 0 Å². The number of carbonyl (C=O) groups excluding carboxylic acids is 1. The Hall–Kier alpha value is -1.55. The van der Waals surface area contributed by atoms with Crippen molar-refractivity contribution < 1.29 is 9.53 Å². The molecule has 0 aliphatic rings. The van der Waals surface area contributed by atoms with Gasteiger partial charge in [0.25, 0.3) is 0 Å². The van der Waals surface area contributed by atoms with E-state index in [1.54, 1.807) is 7.11 Å². The molecule has 0 unspecified atom stereocenters. The molecule has 1 rings (SSSR count). The maximum atomic E-state index is 11.5. The Bertz CT molecular complexity index is 393. The summed E-state index contributed by atoms with van der Waals surface area (Å²) in [7, 11) is 1.66. The molecule has 0 aliphatic carbocycles. The van der Waals surface area contributed by atoms with E-state index < -0.39 is 0 Å². The van der Waals surface area contributed by atoms with Gasteiger partial charge >= 0.3 is 0 Å². The molecule has 0 saturated carbocycles. The van der Waals surface area contributed by atoms with Gasteiger partial charge in [0.2, 0.25) is 5.91 Å². The lowest BCUT2D eigenvalue weighted by molar-refractivity contribution is -0.120. The molecule has 0 fully saturated rings. The summed E-state index contributed by atoms with van der Waals surface area (Å²) in [5.41, 5.74) is 8.89. The number of carbonyl (C=O) groups is 1. The standard InChI is InChI=1S/C14H22N2O2/c1-10-8-12(18-3)9-11(2)13(10)4-5-14(17)16-7-6-15/h8-9H,4-7,15H2,1-3H3,(H,16,17). The fourth-order valence-electron chi connectivity index (χ4n) is 2.00. The van der Waals surface area contributed by atoms with Gasteiger partial charge < -0.3 is 15.8 Å². The minimum atomic E-state index is 0.0510. The summed E-state index contributed by atoms with van der Waals surface area (Å²) < 4.78 is 5.22. The molecule has 0 radical (unpaired) electrons. The first-order chi connectivity index (χ1) is 8.58. The molecule has 0 spiro atoms. The minimum Gasteiger partial charge on any atom is -0.497 e. The summed E-state index contributed by atoms with van der Waals surface area (Å²) in [4.78, 5) is 11.5. The van der Waals surface area contributed by atoms with E-state index in [1.165, 1.54) is 16.7 Å². The van der Waals surface area contributed by atoms with E-state index in [4.69, 9.17) is 10.5 Å². The van der Waals surface area contributed by atoms with Crippen LogP contribution in [0, 0.1) is 13.8 Å². The number of amides is 1. The number of aryl methyl sites for hydroxylation is 2. The SMILES string of the molecule is COc1cc(C)c(CCC(=O)NCCN)c(C)c1. The van der Waals surface area contributed by atoms with Crippen molar-refractivity contribution in [3.63, 3.8) is 0 Å². The highest BCUT2D eigenvalue weighted by Gasteiger charge is 2.08. The average Bonchev–Trinajstić information content (AvgIpc) is 2.34. The summed E-state index contributed by atoms with van der Waals surface area (Å²) in [6, 6.07) is 4.00. The summed E-state index contributed by atoms with van der Waals surface area (Å²) in [5.74, 6) is 0.913. The van der Waals surface area contributed by atoms with Gasteiger partial charge in [-0.25, -0.2) is 0 Å². The van der Waals surface area contributed by atoms with Crippen molar-refractivity contribution in [3.8, 4) is 5.75 Å². The van der Waals surface area contributed by atoms with Gasteiger partial charge in [0.1, 0.15) is 5.75 Å². The summed E-state index contributed by atoms with van der Waals surface area (Å²) >= 11 is 0. The Morgan fingerprint density at radius 2 is 1.94 bits per heavy atom. The number of nitrogens with two attached hydrogens (primary N) is 1. The van der Waals surface area contributed by atoms with Gasteiger partial charge in [-0.1, -0.05) is 0 Å². The number of ether oxygens (including phenoxy) is 1. The van der Waals surface area contributed by atoms with Gasteiger partial charge in [0.15, 0.2) is 0 Å². The van der Waals surface area contributed by atoms with Gasteiger partial charge in [-0.05, 0) is 49.1 Å². The Morgan fingerprint density at radius 1 is 1.33 bits per heavy atom. The van der Waals surface area contributed by atoms with Crippen LogP contribution in [0.25, 0.3) is 0 Å². The maximum absolute atomic E-state index is 11.5. The van der Waals surface area contributed by atoms with Crippen LogP contribution in [0.1, 0.15) is 23.1 Å². The first kappa shape index (κ1) is 14.5. The third-order valence-corrected chi connectivity index (χ3v) is 2.97. The number of hydrogen-bond acceptors (Lipinski definition) is 3. The van der Waals surface area contributed by atoms with Crippen LogP contribution in [0.5, 0.6) is 5.75 Å². The lowest BCUT2D eigenvalue weighted by Gasteiger charge is -2.12. The molecule has 4 heteroatoms. The Kier molecular flexibility index (Phi) is 5.65. The quantitative estimate of drug-likeness (QED) is 0.800. The number of hydrogen-bond donors (Lipinski definition) is 2. The van der Waals surface area contributed by atoms with E-state index in [9.17, 15) is 4.79 Å². The van der Waals surface area contributed by atoms with E-state index in [2.05, 4.69) is 5.32 Å². The van der Waals surface area contributed by atoms with Crippen molar-refractivity contribution in [2.45, 2.75) is 26.7 Å². The van der Waals surface area contributed by atoms with Crippen molar-refractivity contribution in [3.05, 3.63) is 28.8 Å². The Balaban J connectivity index is 2.65. The molecular weight excluding hydrogens is 228 g/mol. The van der Waals surface area contributed by atoms with Gasteiger partial charge in [0, 0.05) is 19.5 Å². The molecule has 18 heavy (non-hydrogen) atoms. The zero-order chi connectivity index (χ0) is 13.5. The number of rotatable bonds is 6. The van der Waals surface area contributed by atoms with E-state index in [-0.39, 0.29) is 5.91 Å². The normalized spacial score (nSPS) is 10.2. The van der Waals surface area contributed by atoms with Crippen LogP contribution in [-0.4, -0.2) is 26.1 Å². The van der Waals surface area contributed by atoms with Crippen molar-refractivity contribution in [2.75, 3.05) is 20.2 Å². The topological polar surface area (TPSA) is 64.3 Å². The molecule has 4 nitrogen and oxygen atoms in total. The summed E-state index contributed by atoms with van der Waals surface area (Å²) in [5, 5.41) is 2.78. The Morgan fingerprint density at radius 3 is 2.44 bits per heavy atom. The molecule has 0 heterocycles. The molecule has 0 saturated heterocycles. The first-order valence-electron chi connectivity index (χ1n) is 6.19.